The number of benzene rings is 2. The maximum atomic E-state index is 6.10. The molecule has 28 heavy (non-hydrogen) atoms. The fraction of sp³-hybridized carbons (Fsp3) is 0.286. The Kier molecular flexibility index (Phi) is 7.18. The Morgan fingerprint density at radius 1 is 1.11 bits per heavy atom. The number of amidine groups is 1. The first-order valence-electron chi connectivity index (χ1n) is 8.98. The Balaban J connectivity index is 0.00000225. The van der Waals surface area contributed by atoms with E-state index in [0.29, 0.717) is 13.2 Å². The summed E-state index contributed by atoms with van der Waals surface area (Å²) in [6.07, 6.45) is 0.853. The zero-order valence-electron chi connectivity index (χ0n) is 15.5. The number of thiophene rings is 1. The van der Waals surface area contributed by atoms with Gasteiger partial charge in [-0.05, 0) is 46.7 Å². The summed E-state index contributed by atoms with van der Waals surface area (Å²) in [4.78, 5) is 5.75. The van der Waals surface area contributed by atoms with Crippen LogP contribution in [0.25, 0.3) is 21.2 Å². The summed E-state index contributed by atoms with van der Waals surface area (Å²) in [5.41, 5.74) is 2.18. The lowest BCUT2D eigenvalue weighted by molar-refractivity contribution is 0.172. The quantitative estimate of drug-likeness (QED) is 0.503. The molecule has 1 aromatic heterocycles. The van der Waals surface area contributed by atoms with Crippen molar-refractivity contribution in [2.75, 3.05) is 33.4 Å². The molecule has 1 aliphatic rings. The van der Waals surface area contributed by atoms with E-state index in [1.54, 1.807) is 18.4 Å². The van der Waals surface area contributed by atoms with Crippen LogP contribution in [0.5, 0.6) is 5.75 Å². The molecule has 0 unspecified atom stereocenters. The molecule has 2 aromatic carbocycles. The average molecular weight is 437 g/mol. The van der Waals surface area contributed by atoms with Crippen LogP contribution in [0.4, 0.5) is 0 Å². The summed E-state index contributed by atoms with van der Waals surface area (Å²) in [5, 5.41) is 5.66. The normalized spacial score (nSPS) is 13.1. The number of methoxy groups -OCH3 is 1. The van der Waals surface area contributed by atoms with Crippen LogP contribution in [0.15, 0.2) is 47.5 Å². The minimum atomic E-state index is 0. The van der Waals surface area contributed by atoms with Crippen molar-refractivity contribution in [3.05, 3.63) is 52.4 Å². The first-order chi connectivity index (χ1) is 13.2. The minimum absolute atomic E-state index is 0. The van der Waals surface area contributed by atoms with E-state index in [4.69, 9.17) is 21.1 Å². The van der Waals surface area contributed by atoms with E-state index in [1.165, 1.54) is 10.4 Å². The topological polar surface area (TPSA) is 42.9 Å². The van der Waals surface area contributed by atoms with E-state index in [-0.39, 0.29) is 12.4 Å². The first kappa shape index (κ1) is 20.9. The Morgan fingerprint density at radius 3 is 2.71 bits per heavy atom. The SMILES string of the molecule is COCCCOc1cc2ccc(-c3ccc(Cl)s3)cc2cc1C1=NCCN1.Cl. The summed E-state index contributed by atoms with van der Waals surface area (Å²) in [6.45, 7) is 2.97. The van der Waals surface area contributed by atoms with E-state index in [9.17, 15) is 0 Å². The molecule has 148 valence electrons. The lowest BCUT2D eigenvalue weighted by atomic mass is 10.0. The van der Waals surface area contributed by atoms with Gasteiger partial charge in [0.2, 0.25) is 0 Å². The number of nitrogens with one attached hydrogen (secondary N) is 1. The zero-order valence-corrected chi connectivity index (χ0v) is 17.9. The fourth-order valence-corrected chi connectivity index (χ4v) is 4.21. The lowest BCUT2D eigenvalue weighted by Gasteiger charge is -2.14. The molecule has 1 N–H and O–H groups in total. The standard InChI is InChI=1S/C21H21ClN2O2S.ClH/c1-25-9-2-10-26-18-13-14-3-4-15(19-5-6-20(22)27-19)11-16(14)12-17(18)21-23-7-8-24-21;/h3-6,11-13H,2,7-10H2,1H3,(H,23,24);1H. The second kappa shape index (κ2) is 9.61. The highest BCUT2D eigenvalue weighted by atomic mass is 35.5. The summed E-state index contributed by atoms with van der Waals surface area (Å²) in [7, 11) is 1.71. The van der Waals surface area contributed by atoms with Crippen molar-refractivity contribution >= 4 is 52.0 Å². The van der Waals surface area contributed by atoms with Crippen LogP contribution in [0.1, 0.15) is 12.0 Å². The number of hydrogen-bond acceptors (Lipinski definition) is 5. The molecule has 3 aromatic rings. The van der Waals surface area contributed by atoms with Gasteiger partial charge >= 0.3 is 0 Å². The summed E-state index contributed by atoms with van der Waals surface area (Å²) in [5.74, 6) is 1.77. The van der Waals surface area contributed by atoms with Crippen molar-refractivity contribution in [1.29, 1.82) is 0 Å². The van der Waals surface area contributed by atoms with E-state index < -0.39 is 0 Å². The molecule has 2 heterocycles. The van der Waals surface area contributed by atoms with Crippen molar-refractivity contribution in [3.8, 4) is 16.2 Å². The lowest BCUT2D eigenvalue weighted by Crippen LogP contribution is -2.20. The summed E-state index contributed by atoms with van der Waals surface area (Å²) < 4.78 is 12.0. The molecule has 0 atom stereocenters. The average Bonchev–Trinajstić information content (AvgIpc) is 3.36. The third-order valence-corrected chi connectivity index (χ3v) is 5.76. The van der Waals surface area contributed by atoms with Gasteiger partial charge in [0.15, 0.2) is 0 Å². The van der Waals surface area contributed by atoms with Gasteiger partial charge in [-0.3, -0.25) is 4.99 Å². The van der Waals surface area contributed by atoms with E-state index >= 15 is 0 Å². The molecule has 4 nitrogen and oxygen atoms in total. The molecule has 0 radical (unpaired) electrons. The largest absolute Gasteiger partial charge is 0.493 e. The summed E-state index contributed by atoms with van der Waals surface area (Å²) in [6, 6.07) is 14.7. The number of fused-ring (bicyclic) bond motifs is 1. The summed E-state index contributed by atoms with van der Waals surface area (Å²) >= 11 is 7.69. The molecule has 0 bridgehead atoms. The van der Waals surface area contributed by atoms with Crippen LogP contribution in [0.3, 0.4) is 0 Å². The predicted octanol–water partition coefficient (Wildman–Crippen LogP) is 5.41. The zero-order chi connectivity index (χ0) is 18.6. The van der Waals surface area contributed by atoms with E-state index in [1.807, 2.05) is 6.07 Å². The van der Waals surface area contributed by atoms with Gasteiger partial charge in [0.05, 0.1) is 23.1 Å². The van der Waals surface area contributed by atoms with Gasteiger partial charge in [-0.15, -0.1) is 23.7 Å². The minimum Gasteiger partial charge on any atom is -0.493 e. The van der Waals surface area contributed by atoms with E-state index in [0.717, 1.165) is 51.8 Å². The van der Waals surface area contributed by atoms with Gasteiger partial charge in [-0.1, -0.05) is 23.7 Å². The molecule has 0 saturated carbocycles. The number of aliphatic imine (C=N–C) groups is 1. The van der Waals surface area contributed by atoms with Gasteiger partial charge in [0.25, 0.3) is 0 Å². The molecule has 4 rings (SSSR count). The molecule has 0 fully saturated rings. The first-order valence-corrected chi connectivity index (χ1v) is 10.2. The van der Waals surface area contributed by atoms with Gasteiger partial charge < -0.3 is 14.8 Å². The molecule has 0 aliphatic carbocycles. The Hall–Kier alpha value is -1.79. The fourth-order valence-electron chi connectivity index (χ4n) is 3.17. The number of ether oxygens (including phenoxy) is 2. The van der Waals surface area contributed by atoms with Crippen molar-refractivity contribution in [1.82, 2.24) is 5.32 Å². The Morgan fingerprint density at radius 2 is 2.00 bits per heavy atom. The van der Waals surface area contributed by atoms with Gasteiger partial charge in [-0.2, -0.15) is 0 Å². The second-order valence-corrected chi connectivity index (χ2v) is 8.08. The number of halogens is 2. The number of hydrogen-bond donors (Lipinski definition) is 1. The highest BCUT2D eigenvalue weighted by molar-refractivity contribution is 7.19. The van der Waals surface area contributed by atoms with Crippen molar-refractivity contribution in [3.63, 3.8) is 0 Å². The molecule has 0 saturated heterocycles. The maximum absolute atomic E-state index is 6.10. The maximum Gasteiger partial charge on any atom is 0.132 e. The van der Waals surface area contributed by atoms with Gasteiger partial charge in [0.1, 0.15) is 11.6 Å². The molecule has 1 aliphatic heterocycles. The van der Waals surface area contributed by atoms with Crippen molar-refractivity contribution < 1.29 is 9.47 Å². The smallest absolute Gasteiger partial charge is 0.132 e. The van der Waals surface area contributed by atoms with Gasteiger partial charge in [0, 0.05) is 31.6 Å². The number of nitrogens with zero attached hydrogens (tertiary/aromatic N) is 1. The highest BCUT2D eigenvalue weighted by Gasteiger charge is 2.16. The van der Waals surface area contributed by atoms with Crippen LogP contribution >= 0.6 is 35.3 Å². The predicted molar refractivity (Wildman–Crippen MR) is 121 cm³/mol. The highest BCUT2D eigenvalue weighted by Crippen LogP contribution is 2.34. The third kappa shape index (κ3) is 4.61. The second-order valence-electron chi connectivity index (χ2n) is 6.37. The van der Waals surface area contributed by atoms with Crippen LogP contribution in [-0.4, -0.2) is 39.2 Å². The molecular formula is C21H22Cl2N2O2S. The van der Waals surface area contributed by atoms with Crippen LogP contribution in [0, 0.1) is 0 Å². The van der Waals surface area contributed by atoms with Crippen LogP contribution in [0.2, 0.25) is 4.34 Å². The van der Waals surface area contributed by atoms with Crippen LogP contribution in [-0.2, 0) is 4.74 Å². The Labute approximate surface area is 179 Å². The number of rotatable bonds is 7. The monoisotopic (exact) mass is 436 g/mol. The van der Waals surface area contributed by atoms with E-state index in [2.05, 4.69) is 46.7 Å². The van der Waals surface area contributed by atoms with Crippen LogP contribution < -0.4 is 10.1 Å². The van der Waals surface area contributed by atoms with Crippen molar-refractivity contribution in [2.24, 2.45) is 4.99 Å². The third-order valence-electron chi connectivity index (χ3n) is 4.48. The van der Waals surface area contributed by atoms with Crippen molar-refractivity contribution in [2.45, 2.75) is 6.42 Å². The molecule has 0 amide bonds. The molecular weight excluding hydrogens is 415 g/mol. The van der Waals surface area contributed by atoms with Gasteiger partial charge in [-0.25, -0.2) is 0 Å². The molecule has 0 spiro atoms. The Bertz CT molecular complexity index is 988. The molecule has 7 heteroatoms.